The maximum absolute atomic E-state index is 11.8. The van der Waals surface area contributed by atoms with Crippen LogP contribution >= 0.6 is 28.6 Å². The highest BCUT2D eigenvalue weighted by molar-refractivity contribution is 9.10. The molecule has 0 aliphatic carbocycles. The summed E-state index contributed by atoms with van der Waals surface area (Å²) in [6.07, 6.45) is 0.616. The Kier molecular flexibility index (Phi) is 3.36. The molecule has 0 N–H and O–H groups in total. The van der Waals surface area contributed by atoms with E-state index < -0.39 is 0 Å². The number of halogens is 1. The summed E-state index contributed by atoms with van der Waals surface area (Å²) in [5.41, 5.74) is 0.965. The number of carbonyl (C=O) groups is 1. The molecule has 1 atom stereocenters. The Labute approximate surface area is 103 Å². The summed E-state index contributed by atoms with van der Waals surface area (Å²) >= 11 is 7.71. The monoisotopic (exact) mass is 285 g/mol. The van der Waals surface area contributed by atoms with Gasteiger partial charge in [0.1, 0.15) is 0 Å². The van der Waals surface area contributed by atoms with Gasteiger partial charge in [-0.2, -0.15) is 12.6 Å². The van der Waals surface area contributed by atoms with E-state index in [9.17, 15) is 4.79 Å². The van der Waals surface area contributed by atoms with Gasteiger partial charge in [-0.25, -0.2) is 0 Å². The fraction of sp³-hybridized carbons (Fsp3) is 0.364. The Morgan fingerprint density at radius 1 is 1.47 bits per heavy atom. The third-order valence-corrected chi connectivity index (χ3v) is 3.79. The van der Waals surface area contributed by atoms with E-state index in [2.05, 4.69) is 28.6 Å². The van der Waals surface area contributed by atoms with E-state index in [0.29, 0.717) is 12.3 Å². The van der Waals surface area contributed by atoms with Gasteiger partial charge < -0.3 is 4.90 Å². The first-order valence-electron chi connectivity index (χ1n) is 4.88. The molecule has 0 radical (unpaired) electrons. The Morgan fingerprint density at radius 2 is 2.20 bits per heavy atom. The van der Waals surface area contributed by atoms with E-state index in [1.807, 2.05) is 29.2 Å². The number of para-hydroxylation sites is 1. The second-order valence-electron chi connectivity index (χ2n) is 3.71. The van der Waals surface area contributed by atoms with Crippen LogP contribution in [0.1, 0.15) is 6.42 Å². The first-order valence-corrected chi connectivity index (χ1v) is 6.30. The van der Waals surface area contributed by atoms with Crippen molar-refractivity contribution in [1.82, 2.24) is 0 Å². The van der Waals surface area contributed by atoms with Crippen molar-refractivity contribution in [3.05, 3.63) is 28.7 Å². The lowest BCUT2D eigenvalue weighted by atomic mass is 10.1. The van der Waals surface area contributed by atoms with Gasteiger partial charge in [-0.15, -0.1) is 0 Å². The molecule has 1 fully saturated rings. The van der Waals surface area contributed by atoms with E-state index in [1.54, 1.807) is 0 Å². The molecule has 2 rings (SSSR count). The van der Waals surface area contributed by atoms with E-state index in [-0.39, 0.29) is 5.91 Å². The van der Waals surface area contributed by atoms with Crippen LogP contribution in [0.2, 0.25) is 0 Å². The van der Waals surface area contributed by atoms with Gasteiger partial charge in [-0.3, -0.25) is 4.79 Å². The minimum absolute atomic E-state index is 0.195. The van der Waals surface area contributed by atoms with Crippen molar-refractivity contribution < 1.29 is 4.79 Å². The predicted molar refractivity (Wildman–Crippen MR) is 68.5 cm³/mol. The van der Waals surface area contributed by atoms with Crippen LogP contribution in [-0.2, 0) is 4.79 Å². The Balaban J connectivity index is 2.25. The van der Waals surface area contributed by atoms with E-state index in [4.69, 9.17) is 0 Å². The number of thiol groups is 1. The molecular weight excluding hydrogens is 274 g/mol. The zero-order chi connectivity index (χ0) is 10.8. The van der Waals surface area contributed by atoms with Crippen LogP contribution in [0, 0.1) is 5.92 Å². The third-order valence-electron chi connectivity index (χ3n) is 2.61. The third kappa shape index (κ3) is 2.21. The summed E-state index contributed by atoms with van der Waals surface area (Å²) in [7, 11) is 0. The first-order chi connectivity index (χ1) is 7.22. The number of carbonyl (C=O) groups excluding carboxylic acids is 1. The molecule has 1 heterocycles. The number of hydrogen-bond acceptors (Lipinski definition) is 2. The molecule has 4 heteroatoms. The molecule has 0 spiro atoms. The van der Waals surface area contributed by atoms with Crippen molar-refractivity contribution in [2.24, 2.45) is 5.92 Å². The fourth-order valence-corrected chi connectivity index (χ4v) is 2.55. The van der Waals surface area contributed by atoms with Crippen LogP contribution in [0.5, 0.6) is 0 Å². The van der Waals surface area contributed by atoms with Gasteiger partial charge in [-0.05, 0) is 39.7 Å². The lowest BCUT2D eigenvalue weighted by Crippen LogP contribution is -2.24. The van der Waals surface area contributed by atoms with Crippen molar-refractivity contribution in [2.45, 2.75) is 6.42 Å². The Bertz CT molecular complexity index is 383. The summed E-state index contributed by atoms with van der Waals surface area (Å²) in [6.45, 7) is 0.783. The quantitative estimate of drug-likeness (QED) is 0.829. The largest absolute Gasteiger partial charge is 0.311 e. The molecule has 1 aromatic carbocycles. The second kappa shape index (κ2) is 4.58. The molecular formula is C11H12BrNOS. The van der Waals surface area contributed by atoms with E-state index in [1.165, 1.54) is 0 Å². The number of benzene rings is 1. The highest BCUT2D eigenvalue weighted by Gasteiger charge is 2.30. The van der Waals surface area contributed by atoms with Crippen LogP contribution in [0.4, 0.5) is 5.69 Å². The average molecular weight is 286 g/mol. The molecule has 0 bridgehead atoms. The van der Waals surface area contributed by atoms with Crippen LogP contribution in [0.25, 0.3) is 0 Å². The van der Waals surface area contributed by atoms with Crippen LogP contribution < -0.4 is 4.90 Å². The maximum Gasteiger partial charge on any atom is 0.227 e. The van der Waals surface area contributed by atoms with Crippen LogP contribution in [-0.4, -0.2) is 18.2 Å². The molecule has 1 aromatic rings. The minimum atomic E-state index is 0.195. The molecule has 1 saturated heterocycles. The van der Waals surface area contributed by atoms with Gasteiger partial charge in [0, 0.05) is 17.4 Å². The zero-order valence-corrected chi connectivity index (χ0v) is 10.7. The number of amides is 1. The van der Waals surface area contributed by atoms with Crippen molar-refractivity contribution in [3.8, 4) is 0 Å². The number of nitrogens with zero attached hydrogens (tertiary/aromatic N) is 1. The highest BCUT2D eigenvalue weighted by Crippen LogP contribution is 2.31. The van der Waals surface area contributed by atoms with E-state index in [0.717, 1.165) is 22.5 Å². The van der Waals surface area contributed by atoms with Crippen molar-refractivity contribution in [3.63, 3.8) is 0 Å². The number of hydrogen-bond donors (Lipinski definition) is 1. The van der Waals surface area contributed by atoms with Gasteiger partial charge in [0.25, 0.3) is 0 Å². The lowest BCUT2D eigenvalue weighted by molar-refractivity contribution is -0.117. The van der Waals surface area contributed by atoms with Crippen molar-refractivity contribution in [1.29, 1.82) is 0 Å². The molecule has 1 amide bonds. The Hall–Kier alpha value is -0.480. The summed E-state index contributed by atoms with van der Waals surface area (Å²) in [5, 5.41) is 0. The predicted octanol–water partition coefficient (Wildman–Crippen LogP) is 2.73. The lowest BCUT2D eigenvalue weighted by Gasteiger charge is -2.17. The second-order valence-corrected chi connectivity index (χ2v) is 4.93. The highest BCUT2D eigenvalue weighted by atomic mass is 79.9. The van der Waals surface area contributed by atoms with Crippen LogP contribution in [0.3, 0.4) is 0 Å². The Morgan fingerprint density at radius 3 is 2.80 bits per heavy atom. The average Bonchev–Trinajstić information content (AvgIpc) is 2.60. The van der Waals surface area contributed by atoms with Crippen molar-refractivity contribution >= 4 is 40.2 Å². The SMILES string of the molecule is O=C1CC(CS)CN1c1ccccc1Br. The molecule has 80 valence electrons. The smallest absolute Gasteiger partial charge is 0.227 e. The maximum atomic E-state index is 11.8. The molecule has 0 aromatic heterocycles. The van der Waals surface area contributed by atoms with Gasteiger partial charge in [0.15, 0.2) is 0 Å². The van der Waals surface area contributed by atoms with Crippen molar-refractivity contribution in [2.75, 3.05) is 17.2 Å². The summed E-state index contributed by atoms with van der Waals surface area (Å²) in [6, 6.07) is 7.81. The molecule has 1 aliphatic rings. The summed E-state index contributed by atoms with van der Waals surface area (Å²) in [4.78, 5) is 13.6. The summed E-state index contributed by atoms with van der Waals surface area (Å²) < 4.78 is 0.971. The summed E-state index contributed by atoms with van der Waals surface area (Å²) in [5.74, 6) is 1.35. The molecule has 0 saturated carbocycles. The molecule has 1 unspecified atom stereocenters. The topological polar surface area (TPSA) is 20.3 Å². The molecule has 2 nitrogen and oxygen atoms in total. The number of anilines is 1. The minimum Gasteiger partial charge on any atom is -0.311 e. The first kappa shape index (κ1) is 11.0. The van der Waals surface area contributed by atoms with Gasteiger partial charge in [-0.1, -0.05) is 12.1 Å². The number of rotatable bonds is 2. The van der Waals surface area contributed by atoms with Gasteiger partial charge >= 0.3 is 0 Å². The van der Waals surface area contributed by atoms with Crippen LogP contribution in [0.15, 0.2) is 28.7 Å². The zero-order valence-electron chi connectivity index (χ0n) is 8.19. The molecule has 15 heavy (non-hydrogen) atoms. The van der Waals surface area contributed by atoms with Gasteiger partial charge in [0.2, 0.25) is 5.91 Å². The molecule has 1 aliphatic heterocycles. The normalized spacial score (nSPS) is 21.1. The van der Waals surface area contributed by atoms with Gasteiger partial charge in [0.05, 0.1) is 5.69 Å². The fourth-order valence-electron chi connectivity index (χ4n) is 1.81. The van der Waals surface area contributed by atoms with E-state index >= 15 is 0 Å². The standard InChI is InChI=1S/C11H12BrNOS/c12-9-3-1-2-4-10(9)13-6-8(7-15)5-11(13)14/h1-4,8,15H,5-7H2.